The molecular weight excluding hydrogens is 565 g/mol. The number of carbonyl (C=O) groups is 1. The smallest absolute Gasteiger partial charge is 0.332 e. The third-order valence-electron chi connectivity index (χ3n) is 8.44. The second kappa shape index (κ2) is 13.9. The van der Waals surface area contributed by atoms with E-state index in [1.807, 2.05) is 0 Å². The van der Waals surface area contributed by atoms with E-state index in [-0.39, 0.29) is 23.8 Å². The number of aromatic nitrogens is 1. The van der Waals surface area contributed by atoms with E-state index >= 15 is 0 Å². The fourth-order valence-corrected chi connectivity index (χ4v) is 6.71. The normalized spacial score (nSPS) is 17.0. The summed E-state index contributed by atoms with van der Waals surface area (Å²) in [6.07, 6.45) is 1.78. The van der Waals surface area contributed by atoms with E-state index in [0.717, 1.165) is 36.3 Å². The highest BCUT2D eigenvalue weighted by atomic mass is 31.0. The quantitative estimate of drug-likeness (QED) is 0.115. The Hall–Kier alpha value is -3.05. The third kappa shape index (κ3) is 7.59. The van der Waals surface area contributed by atoms with Crippen LogP contribution in [0.4, 0.5) is 0 Å². The number of esters is 1. The highest BCUT2D eigenvalue weighted by Crippen LogP contribution is 2.41. The largest absolute Gasteiger partial charge is 0.489 e. The van der Waals surface area contributed by atoms with Crippen LogP contribution in [0.3, 0.4) is 0 Å². The first-order valence-electron chi connectivity index (χ1n) is 15.7. The zero-order valence-electron chi connectivity index (χ0n) is 27.0. The van der Waals surface area contributed by atoms with Gasteiger partial charge in [0.2, 0.25) is 0 Å². The molecule has 0 saturated heterocycles. The maximum Gasteiger partial charge on any atom is 0.332 e. The van der Waals surface area contributed by atoms with Crippen molar-refractivity contribution in [2.75, 3.05) is 26.4 Å². The van der Waals surface area contributed by atoms with Gasteiger partial charge in [-0.3, -0.25) is 4.90 Å². The Morgan fingerprint density at radius 1 is 1.07 bits per heavy atom. The molecule has 0 aliphatic carbocycles. The molecule has 2 heterocycles. The van der Waals surface area contributed by atoms with Crippen molar-refractivity contribution in [3.05, 3.63) is 88.6 Å². The first kappa shape index (κ1) is 32.3. The number of hydrogen-bond acceptors (Lipinski definition) is 5. The topological polar surface area (TPSA) is 63.8 Å². The molecule has 230 valence electrons. The molecular formula is C35H45B2N2O4P. The summed E-state index contributed by atoms with van der Waals surface area (Å²) in [6, 6.07) is 22.0. The lowest BCUT2D eigenvalue weighted by Gasteiger charge is -2.45. The first-order chi connectivity index (χ1) is 21.0. The zero-order valence-corrected chi connectivity index (χ0v) is 28.2. The summed E-state index contributed by atoms with van der Waals surface area (Å²) < 4.78 is 16.7. The summed E-state index contributed by atoms with van der Waals surface area (Å²) >= 11 is 0. The van der Waals surface area contributed by atoms with Crippen molar-refractivity contribution >= 4 is 52.7 Å². The highest BCUT2D eigenvalue weighted by Gasteiger charge is 2.38. The molecule has 3 atom stereocenters. The van der Waals surface area contributed by atoms with E-state index in [2.05, 4.69) is 116 Å². The van der Waals surface area contributed by atoms with E-state index < -0.39 is 0 Å². The van der Waals surface area contributed by atoms with Gasteiger partial charge in [0.25, 0.3) is 0 Å². The number of H-pyrrole nitrogens is 1. The van der Waals surface area contributed by atoms with E-state index in [1.165, 1.54) is 38.6 Å². The molecule has 3 aromatic carbocycles. The number of para-hydroxylation sites is 1. The molecule has 44 heavy (non-hydrogen) atoms. The van der Waals surface area contributed by atoms with Crippen LogP contribution in [0.25, 0.3) is 10.9 Å². The number of fused-ring (bicyclic) bond motifs is 3. The van der Waals surface area contributed by atoms with Gasteiger partial charge in [-0.25, -0.2) is 4.79 Å². The number of ether oxygens (including phenoxy) is 3. The van der Waals surface area contributed by atoms with Gasteiger partial charge >= 0.3 is 5.97 Å². The van der Waals surface area contributed by atoms with Crippen molar-refractivity contribution in [2.24, 2.45) is 0 Å². The molecule has 1 aromatic heterocycles. The Bertz CT molecular complexity index is 1580. The van der Waals surface area contributed by atoms with Gasteiger partial charge in [-0.15, -0.1) is 9.24 Å². The van der Waals surface area contributed by atoms with E-state index in [9.17, 15) is 4.79 Å². The van der Waals surface area contributed by atoms with Crippen LogP contribution in [0.2, 0.25) is 0 Å². The highest BCUT2D eigenvalue weighted by molar-refractivity contribution is 7.18. The van der Waals surface area contributed by atoms with E-state index in [0.29, 0.717) is 25.9 Å². The number of benzene rings is 3. The molecule has 0 radical (unpaired) electrons. The van der Waals surface area contributed by atoms with E-state index in [4.69, 9.17) is 14.2 Å². The Balaban J connectivity index is 1.32. The summed E-state index contributed by atoms with van der Waals surface area (Å²) in [5, 5.41) is 1.43. The second-order valence-electron chi connectivity index (χ2n) is 12.9. The minimum Gasteiger partial charge on any atom is -0.489 e. The molecule has 1 N–H and O–H groups in total. The predicted molar refractivity (Wildman–Crippen MR) is 189 cm³/mol. The Labute approximate surface area is 266 Å². The van der Waals surface area contributed by atoms with Gasteiger partial charge in [-0.1, -0.05) is 67.2 Å². The van der Waals surface area contributed by atoms with Crippen molar-refractivity contribution in [1.82, 2.24) is 9.88 Å². The van der Waals surface area contributed by atoms with Crippen molar-refractivity contribution in [2.45, 2.75) is 64.4 Å². The fourth-order valence-electron chi connectivity index (χ4n) is 6.50. The maximum atomic E-state index is 11.4. The molecule has 0 bridgehead atoms. The molecule has 0 amide bonds. The Kier molecular flexibility index (Phi) is 10.2. The van der Waals surface area contributed by atoms with Gasteiger partial charge in [-0.2, -0.15) is 0 Å². The Morgan fingerprint density at radius 3 is 2.43 bits per heavy atom. The third-order valence-corrected chi connectivity index (χ3v) is 8.62. The number of hydrogen-bond donors (Lipinski definition) is 1. The summed E-state index contributed by atoms with van der Waals surface area (Å²) in [7, 11) is 7.49. The fraction of sp³-hybridized carbons (Fsp3) is 0.400. The molecule has 6 nitrogen and oxygen atoms in total. The average molecular weight is 610 g/mol. The lowest BCUT2D eigenvalue weighted by Crippen LogP contribution is -2.49. The molecule has 0 fully saturated rings. The van der Waals surface area contributed by atoms with Crippen LogP contribution in [-0.2, 0) is 33.7 Å². The van der Waals surface area contributed by atoms with Gasteiger partial charge in [0.1, 0.15) is 34.7 Å². The second-order valence-corrected chi connectivity index (χ2v) is 14.4. The number of nitrogens with zero attached hydrogens (tertiary/aromatic N) is 1. The SMILES string of the molecule is Bc1cc(OCc2ccc(CCOCC(=O)OCC)cc2)cc(B)c1C1c2[nH]c3ccccc3c2C[C@@H](C)N1CC(C)(C)P. The molecule has 9 heteroatoms. The lowest BCUT2D eigenvalue weighted by atomic mass is 9.74. The molecule has 0 spiro atoms. The van der Waals surface area contributed by atoms with Crippen LogP contribution in [0.5, 0.6) is 5.75 Å². The summed E-state index contributed by atoms with van der Waals surface area (Å²) in [4.78, 5) is 17.9. The van der Waals surface area contributed by atoms with Crippen LogP contribution in [0.1, 0.15) is 61.7 Å². The monoisotopic (exact) mass is 610 g/mol. The summed E-state index contributed by atoms with van der Waals surface area (Å²) in [5.41, 5.74) is 10.1. The molecule has 4 aromatic rings. The van der Waals surface area contributed by atoms with Gasteiger partial charge in [0.15, 0.2) is 0 Å². The zero-order chi connectivity index (χ0) is 31.4. The summed E-state index contributed by atoms with van der Waals surface area (Å²) in [6.45, 7) is 11.1. The van der Waals surface area contributed by atoms with Crippen LogP contribution < -0.4 is 15.7 Å². The molecule has 1 aliphatic rings. The summed E-state index contributed by atoms with van der Waals surface area (Å²) in [5.74, 6) is 0.564. The average Bonchev–Trinajstić information content (AvgIpc) is 3.33. The number of rotatable bonds is 12. The van der Waals surface area contributed by atoms with Crippen molar-refractivity contribution in [1.29, 1.82) is 0 Å². The number of aromatic amines is 1. The van der Waals surface area contributed by atoms with Crippen molar-refractivity contribution < 1.29 is 19.0 Å². The van der Waals surface area contributed by atoms with Crippen molar-refractivity contribution in [3.63, 3.8) is 0 Å². The minimum absolute atomic E-state index is 0.00618. The van der Waals surface area contributed by atoms with Gasteiger partial charge < -0.3 is 19.2 Å². The number of carbonyl (C=O) groups excluding carboxylic acids is 1. The molecule has 1 aliphatic heterocycles. The van der Waals surface area contributed by atoms with E-state index in [1.54, 1.807) is 6.92 Å². The first-order valence-corrected chi connectivity index (χ1v) is 16.3. The van der Waals surface area contributed by atoms with Gasteiger partial charge in [0.05, 0.1) is 19.3 Å². The Morgan fingerprint density at radius 2 is 1.75 bits per heavy atom. The molecule has 0 saturated carbocycles. The lowest BCUT2D eigenvalue weighted by molar-refractivity contribution is -0.148. The predicted octanol–water partition coefficient (Wildman–Crippen LogP) is 3.38. The van der Waals surface area contributed by atoms with Crippen LogP contribution >= 0.6 is 9.24 Å². The molecule has 2 unspecified atom stereocenters. The minimum atomic E-state index is -0.323. The maximum absolute atomic E-state index is 11.4. The van der Waals surface area contributed by atoms with Gasteiger partial charge in [-0.05, 0) is 72.3 Å². The van der Waals surface area contributed by atoms with Gasteiger partial charge in [0, 0.05) is 29.2 Å². The molecule has 5 rings (SSSR count). The van der Waals surface area contributed by atoms with Crippen LogP contribution in [0.15, 0.2) is 60.7 Å². The van der Waals surface area contributed by atoms with Crippen molar-refractivity contribution in [3.8, 4) is 5.75 Å². The van der Waals surface area contributed by atoms with Crippen LogP contribution in [0, 0.1) is 0 Å². The van der Waals surface area contributed by atoms with Crippen LogP contribution in [-0.4, -0.2) is 69.1 Å². The standard InChI is InChI=1S/C35H45B2N2O4P/c1-5-42-31(40)20-41-15-14-23-10-12-24(13-11-23)19-43-25-17-28(36)32(29(37)18-25)34-33-27(26-8-6-7-9-30(26)38-33)16-22(2)39(34)21-35(3,4)44/h6-13,17-18,22,34,38H,5,14-16,19-21,36-37,44H2,1-4H3/t22-,34?/m1/s1. The number of nitrogens with one attached hydrogen (secondary N) is 1.